The number of H-pyrrole nitrogens is 1. The van der Waals surface area contributed by atoms with Crippen LogP contribution in [0.3, 0.4) is 0 Å². The fourth-order valence-electron chi connectivity index (χ4n) is 1.94. The van der Waals surface area contributed by atoms with Gasteiger partial charge in [-0.05, 0) is 0 Å². The predicted octanol–water partition coefficient (Wildman–Crippen LogP) is -2.87. The molecule has 2 rings (SSSR count). The van der Waals surface area contributed by atoms with E-state index in [-0.39, 0.29) is 5.56 Å². The summed E-state index contributed by atoms with van der Waals surface area (Å²) in [5.74, 6) is 0. The van der Waals surface area contributed by atoms with Crippen molar-refractivity contribution in [1.82, 2.24) is 9.55 Å². The Kier molecular flexibility index (Phi) is 3.55. The molecule has 8 nitrogen and oxygen atoms in total. The van der Waals surface area contributed by atoms with E-state index in [9.17, 15) is 19.8 Å². The third-order valence-electron chi connectivity index (χ3n) is 2.96. The molecule has 1 aromatic heterocycles. The van der Waals surface area contributed by atoms with Crippen molar-refractivity contribution in [3.63, 3.8) is 0 Å². The van der Waals surface area contributed by atoms with E-state index in [0.29, 0.717) is 0 Å². The normalized spacial score (nSPS) is 30.2. The van der Waals surface area contributed by atoms with Crippen LogP contribution < -0.4 is 11.2 Å². The van der Waals surface area contributed by atoms with Crippen molar-refractivity contribution in [2.45, 2.75) is 24.4 Å². The Hall–Kier alpha value is -1.92. The Labute approximate surface area is 106 Å². The number of nitrogens with one attached hydrogen (secondary N) is 1. The molecule has 0 aromatic carbocycles. The lowest BCUT2D eigenvalue weighted by molar-refractivity contribution is -0.0233. The van der Waals surface area contributed by atoms with Gasteiger partial charge in [0.2, 0.25) is 0 Å². The maximum absolute atomic E-state index is 11.7. The zero-order valence-electron chi connectivity index (χ0n) is 9.68. The van der Waals surface area contributed by atoms with Gasteiger partial charge in [0.25, 0.3) is 5.56 Å². The molecule has 2 heterocycles. The predicted molar refractivity (Wildman–Crippen MR) is 62.3 cm³/mol. The van der Waals surface area contributed by atoms with E-state index < -0.39 is 42.3 Å². The van der Waals surface area contributed by atoms with E-state index >= 15 is 0 Å². The van der Waals surface area contributed by atoms with Crippen molar-refractivity contribution >= 4 is 0 Å². The maximum atomic E-state index is 11.7. The minimum Gasteiger partial charge on any atom is -0.394 e. The lowest BCUT2D eigenvalue weighted by Gasteiger charge is -2.14. The molecule has 0 spiro atoms. The zero-order valence-corrected chi connectivity index (χ0v) is 9.68. The van der Waals surface area contributed by atoms with Crippen LogP contribution in [0.2, 0.25) is 0 Å². The van der Waals surface area contributed by atoms with Crippen LogP contribution in [0.15, 0.2) is 15.8 Å². The lowest BCUT2D eigenvalue weighted by atomic mass is 10.0. The van der Waals surface area contributed by atoms with Crippen LogP contribution in [-0.4, -0.2) is 49.8 Å². The van der Waals surface area contributed by atoms with Crippen molar-refractivity contribution < 1.29 is 20.1 Å². The van der Waals surface area contributed by atoms with Crippen LogP contribution in [0, 0.1) is 12.5 Å². The van der Waals surface area contributed by atoms with Gasteiger partial charge in [-0.2, -0.15) is 0 Å². The molecule has 4 atom stereocenters. The maximum Gasteiger partial charge on any atom is 0.340 e. The molecule has 1 fully saturated rings. The number of hydrogen-bond acceptors (Lipinski definition) is 6. The van der Waals surface area contributed by atoms with Crippen LogP contribution in [-0.2, 0) is 4.74 Å². The summed E-state index contributed by atoms with van der Waals surface area (Å²) >= 11 is 0. The van der Waals surface area contributed by atoms with E-state index in [2.05, 4.69) is 0 Å². The fraction of sp³-hybridized carbons (Fsp3) is 0.455. The molecular formula is C11H12N2O6. The standard InChI is InChI=1S/C11H12N2O6/c1-2-13-3-5(10(17)12-11(13)18)9-8(16)7(15)6(4-14)19-9/h1,3,6-9,14-16H,4H2,(H,12,17,18)/t6-,7?,8?,9+/m1/s1. The molecule has 0 radical (unpaired) electrons. The van der Waals surface area contributed by atoms with Gasteiger partial charge in [-0.3, -0.25) is 9.78 Å². The summed E-state index contributed by atoms with van der Waals surface area (Å²) in [6, 6.07) is 2.02. The Morgan fingerprint density at radius 2 is 2.11 bits per heavy atom. The number of ether oxygens (including phenoxy) is 1. The van der Waals surface area contributed by atoms with Gasteiger partial charge in [0, 0.05) is 12.2 Å². The first-order chi connectivity index (χ1) is 8.99. The number of rotatable bonds is 2. The van der Waals surface area contributed by atoms with Crippen molar-refractivity contribution in [1.29, 1.82) is 0 Å². The van der Waals surface area contributed by atoms with Crippen LogP contribution in [0.4, 0.5) is 0 Å². The molecule has 0 aliphatic carbocycles. The summed E-state index contributed by atoms with van der Waals surface area (Å²) in [6.45, 7) is -0.512. The summed E-state index contributed by atoms with van der Waals surface area (Å²) in [4.78, 5) is 24.9. The number of aromatic nitrogens is 2. The van der Waals surface area contributed by atoms with Gasteiger partial charge in [0.05, 0.1) is 12.2 Å². The van der Waals surface area contributed by atoms with Gasteiger partial charge in [-0.15, -0.1) is 0 Å². The number of aliphatic hydroxyl groups is 3. The number of aliphatic hydroxyl groups excluding tert-OH is 3. The number of aromatic amines is 1. The average molecular weight is 268 g/mol. The van der Waals surface area contributed by atoms with E-state index in [1.54, 1.807) is 0 Å². The Bertz CT molecular complexity index is 627. The van der Waals surface area contributed by atoms with Gasteiger partial charge in [-0.25, -0.2) is 9.36 Å². The minimum atomic E-state index is -1.40. The highest BCUT2D eigenvalue weighted by molar-refractivity contribution is 5.16. The van der Waals surface area contributed by atoms with E-state index in [1.165, 1.54) is 0 Å². The highest BCUT2D eigenvalue weighted by atomic mass is 16.6. The smallest absolute Gasteiger partial charge is 0.340 e. The van der Waals surface area contributed by atoms with Gasteiger partial charge in [0.15, 0.2) is 0 Å². The number of nitrogens with zero attached hydrogens (tertiary/aromatic N) is 1. The quantitative estimate of drug-likeness (QED) is 0.427. The second-order valence-electron chi connectivity index (χ2n) is 4.10. The molecular weight excluding hydrogens is 256 g/mol. The van der Waals surface area contributed by atoms with E-state index in [1.807, 2.05) is 11.0 Å². The molecule has 2 unspecified atom stereocenters. The first-order valence-electron chi connectivity index (χ1n) is 5.44. The lowest BCUT2D eigenvalue weighted by Crippen LogP contribution is -2.35. The Morgan fingerprint density at radius 1 is 1.42 bits per heavy atom. The summed E-state index contributed by atoms with van der Waals surface area (Å²) in [5, 5.41) is 28.4. The first kappa shape index (κ1) is 13.5. The number of hydrogen-bond donors (Lipinski definition) is 4. The van der Waals surface area contributed by atoms with Crippen LogP contribution in [0.25, 0.3) is 0 Å². The monoisotopic (exact) mass is 268 g/mol. The van der Waals surface area contributed by atoms with E-state index in [0.717, 1.165) is 10.8 Å². The van der Waals surface area contributed by atoms with Gasteiger partial charge in [-0.1, -0.05) is 6.42 Å². The molecule has 4 N–H and O–H groups in total. The van der Waals surface area contributed by atoms with Crippen molar-refractivity contribution in [2.24, 2.45) is 0 Å². The van der Waals surface area contributed by atoms with Gasteiger partial charge in [0.1, 0.15) is 24.4 Å². The van der Waals surface area contributed by atoms with Crippen molar-refractivity contribution in [3.8, 4) is 12.5 Å². The first-order valence-corrected chi connectivity index (χ1v) is 5.44. The van der Waals surface area contributed by atoms with Crippen molar-refractivity contribution in [2.75, 3.05) is 6.61 Å². The molecule has 1 saturated heterocycles. The second-order valence-corrected chi connectivity index (χ2v) is 4.10. The summed E-state index contributed by atoms with van der Waals surface area (Å²) in [7, 11) is 0. The zero-order chi connectivity index (χ0) is 14.2. The van der Waals surface area contributed by atoms with Crippen LogP contribution >= 0.6 is 0 Å². The van der Waals surface area contributed by atoms with E-state index in [4.69, 9.17) is 16.3 Å². The summed E-state index contributed by atoms with van der Waals surface area (Å²) in [6.07, 6.45) is 1.23. The highest BCUT2D eigenvalue weighted by Crippen LogP contribution is 2.31. The topological polar surface area (TPSA) is 125 Å². The Morgan fingerprint density at radius 3 is 2.63 bits per heavy atom. The fourth-order valence-corrected chi connectivity index (χ4v) is 1.94. The van der Waals surface area contributed by atoms with Crippen molar-refractivity contribution in [3.05, 3.63) is 32.6 Å². The Balaban J connectivity index is 2.46. The summed E-state index contributed by atoms with van der Waals surface area (Å²) in [5.41, 5.74) is -1.66. The average Bonchev–Trinajstić information content (AvgIpc) is 2.67. The highest BCUT2D eigenvalue weighted by Gasteiger charge is 2.44. The molecule has 0 saturated carbocycles. The molecule has 0 amide bonds. The van der Waals surface area contributed by atoms with Crippen LogP contribution in [0.1, 0.15) is 11.7 Å². The SMILES string of the molecule is C#Cn1cc([C@@H]2O[C@H](CO)C(O)C2O)c(=O)[nH]c1=O. The third-order valence-corrected chi connectivity index (χ3v) is 2.96. The third kappa shape index (κ3) is 2.20. The van der Waals surface area contributed by atoms with Crippen LogP contribution in [0.5, 0.6) is 0 Å². The molecule has 102 valence electrons. The van der Waals surface area contributed by atoms with Gasteiger partial charge < -0.3 is 20.1 Å². The second kappa shape index (κ2) is 4.99. The molecule has 1 aromatic rings. The largest absolute Gasteiger partial charge is 0.394 e. The number of terminal acetylenes is 1. The molecule has 1 aliphatic heterocycles. The minimum absolute atomic E-state index is 0.0972. The molecule has 1 aliphatic rings. The molecule has 8 heteroatoms. The summed E-state index contributed by atoms with van der Waals surface area (Å²) < 4.78 is 5.97. The molecule has 0 bridgehead atoms. The molecule has 19 heavy (non-hydrogen) atoms. The van der Waals surface area contributed by atoms with Gasteiger partial charge >= 0.3 is 5.69 Å².